The van der Waals surface area contributed by atoms with Gasteiger partial charge in [0.2, 0.25) is 10.0 Å². The normalized spacial score (nSPS) is 11.9. The van der Waals surface area contributed by atoms with E-state index in [9.17, 15) is 17.2 Å². The second-order valence-corrected chi connectivity index (χ2v) is 7.39. The number of rotatable bonds is 4. The van der Waals surface area contributed by atoms with Gasteiger partial charge in [0.05, 0.1) is 0 Å². The third kappa shape index (κ3) is 3.66. The average Bonchev–Trinajstić information content (AvgIpc) is 2.40. The van der Waals surface area contributed by atoms with E-state index in [1.807, 2.05) is 0 Å². The SMILES string of the molecule is CN(Cc1ccc(Br)cc1)S(=O)(=O)c1ccc(F)cc1F. The molecule has 3 nitrogen and oxygen atoms in total. The molecule has 0 saturated carbocycles. The average molecular weight is 376 g/mol. The summed E-state index contributed by atoms with van der Waals surface area (Å²) in [5.41, 5.74) is 0.756. The fraction of sp³-hybridized carbons (Fsp3) is 0.143. The van der Waals surface area contributed by atoms with Crippen molar-refractivity contribution in [3.8, 4) is 0 Å². The molecule has 0 bridgehead atoms. The van der Waals surface area contributed by atoms with Gasteiger partial charge in [0.25, 0.3) is 0 Å². The van der Waals surface area contributed by atoms with Crippen LogP contribution in [0, 0.1) is 11.6 Å². The Morgan fingerprint density at radius 2 is 1.71 bits per heavy atom. The van der Waals surface area contributed by atoms with E-state index in [-0.39, 0.29) is 6.54 Å². The van der Waals surface area contributed by atoms with Crippen molar-refractivity contribution in [2.75, 3.05) is 7.05 Å². The third-order valence-electron chi connectivity index (χ3n) is 2.90. The number of halogens is 3. The van der Waals surface area contributed by atoms with Crippen LogP contribution in [0.1, 0.15) is 5.56 Å². The van der Waals surface area contributed by atoms with Crippen molar-refractivity contribution in [3.05, 3.63) is 64.1 Å². The van der Waals surface area contributed by atoms with Gasteiger partial charge < -0.3 is 0 Å². The molecule has 0 unspecified atom stereocenters. The maximum atomic E-state index is 13.6. The molecule has 112 valence electrons. The van der Waals surface area contributed by atoms with Crippen LogP contribution in [-0.2, 0) is 16.6 Å². The smallest absolute Gasteiger partial charge is 0.207 e. The highest BCUT2D eigenvalue weighted by molar-refractivity contribution is 9.10. The number of hydrogen-bond acceptors (Lipinski definition) is 2. The summed E-state index contributed by atoms with van der Waals surface area (Å²) < 4.78 is 53.0. The van der Waals surface area contributed by atoms with Gasteiger partial charge in [-0.25, -0.2) is 17.2 Å². The van der Waals surface area contributed by atoms with E-state index in [1.165, 1.54) is 7.05 Å². The predicted molar refractivity (Wildman–Crippen MR) is 79.2 cm³/mol. The maximum absolute atomic E-state index is 13.6. The summed E-state index contributed by atoms with van der Waals surface area (Å²) >= 11 is 3.29. The zero-order chi connectivity index (χ0) is 15.6. The number of hydrogen-bond donors (Lipinski definition) is 0. The first-order valence-electron chi connectivity index (χ1n) is 5.96. The van der Waals surface area contributed by atoms with Crippen molar-refractivity contribution in [1.82, 2.24) is 4.31 Å². The van der Waals surface area contributed by atoms with Crippen molar-refractivity contribution in [2.45, 2.75) is 11.4 Å². The summed E-state index contributed by atoms with van der Waals surface area (Å²) in [5.74, 6) is -1.92. The molecular weight excluding hydrogens is 364 g/mol. The van der Waals surface area contributed by atoms with Crippen LogP contribution in [0.2, 0.25) is 0 Å². The molecule has 0 radical (unpaired) electrons. The highest BCUT2D eigenvalue weighted by Gasteiger charge is 2.24. The fourth-order valence-corrected chi connectivity index (χ4v) is 3.25. The summed E-state index contributed by atoms with van der Waals surface area (Å²) in [7, 11) is -2.67. The molecule has 0 fully saturated rings. The lowest BCUT2D eigenvalue weighted by molar-refractivity contribution is 0.458. The zero-order valence-electron chi connectivity index (χ0n) is 11.1. The molecule has 0 heterocycles. The first-order valence-corrected chi connectivity index (χ1v) is 8.20. The number of nitrogens with zero attached hydrogens (tertiary/aromatic N) is 1. The molecule has 0 spiro atoms. The highest BCUT2D eigenvalue weighted by Crippen LogP contribution is 2.21. The molecule has 0 aromatic heterocycles. The lowest BCUT2D eigenvalue weighted by Crippen LogP contribution is -2.27. The Labute approximate surface area is 130 Å². The Morgan fingerprint density at radius 1 is 1.10 bits per heavy atom. The van der Waals surface area contributed by atoms with E-state index in [0.29, 0.717) is 6.07 Å². The molecular formula is C14H12BrF2NO2S. The van der Waals surface area contributed by atoms with E-state index < -0.39 is 26.6 Å². The third-order valence-corrected chi connectivity index (χ3v) is 5.27. The predicted octanol–water partition coefficient (Wildman–Crippen LogP) is 3.55. The van der Waals surface area contributed by atoms with Crippen molar-refractivity contribution in [3.63, 3.8) is 0 Å². The summed E-state index contributed by atoms with van der Waals surface area (Å²) in [5, 5.41) is 0. The van der Waals surface area contributed by atoms with Crippen LogP contribution >= 0.6 is 15.9 Å². The van der Waals surface area contributed by atoms with Gasteiger partial charge in [-0.3, -0.25) is 0 Å². The molecule has 0 amide bonds. The molecule has 0 aliphatic rings. The van der Waals surface area contributed by atoms with Gasteiger partial charge in [-0.1, -0.05) is 28.1 Å². The van der Waals surface area contributed by atoms with Gasteiger partial charge in [0.1, 0.15) is 16.5 Å². The van der Waals surface area contributed by atoms with Crippen LogP contribution in [-0.4, -0.2) is 19.8 Å². The highest BCUT2D eigenvalue weighted by atomic mass is 79.9. The molecule has 0 saturated heterocycles. The fourth-order valence-electron chi connectivity index (χ4n) is 1.78. The van der Waals surface area contributed by atoms with E-state index in [1.54, 1.807) is 24.3 Å². The Bertz CT molecular complexity index is 748. The number of benzene rings is 2. The van der Waals surface area contributed by atoms with Gasteiger partial charge in [0, 0.05) is 24.1 Å². The topological polar surface area (TPSA) is 37.4 Å². The minimum Gasteiger partial charge on any atom is -0.207 e. The molecule has 2 rings (SSSR count). The van der Waals surface area contributed by atoms with Gasteiger partial charge in [0.15, 0.2) is 0 Å². The molecule has 0 atom stereocenters. The molecule has 2 aromatic carbocycles. The van der Waals surface area contributed by atoms with E-state index in [0.717, 1.165) is 26.5 Å². The second-order valence-electron chi connectivity index (χ2n) is 4.46. The zero-order valence-corrected chi connectivity index (χ0v) is 13.5. The van der Waals surface area contributed by atoms with Crippen LogP contribution in [0.25, 0.3) is 0 Å². The molecule has 0 aliphatic carbocycles. The summed E-state index contributed by atoms with van der Waals surface area (Å²) in [4.78, 5) is -0.538. The Morgan fingerprint density at radius 3 is 2.29 bits per heavy atom. The molecule has 0 N–H and O–H groups in total. The van der Waals surface area contributed by atoms with Crippen molar-refractivity contribution in [1.29, 1.82) is 0 Å². The Kier molecular flexibility index (Phi) is 4.75. The first kappa shape index (κ1) is 16.1. The molecule has 0 aliphatic heterocycles. The lowest BCUT2D eigenvalue weighted by atomic mass is 10.2. The van der Waals surface area contributed by atoms with Crippen molar-refractivity contribution < 1.29 is 17.2 Å². The monoisotopic (exact) mass is 375 g/mol. The van der Waals surface area contributed by atoms with Gasteiger partial charge in [-0.05, 0) is 29.8 Å². The van der Waals surface area contributed by atoms with Gasteiger partial charge in [-0.2, -0.15) is 4.31 Å². The van der Waals surface area contributed by atoms with Crippen molar-refractivity contribution >= 4 is 26.0 Å². The molecule has 21 heavy (non-hydrogen) atoms. The summed E-state index contributed by atoms with van der Waals surface area (Å²) in [6.07, 6.45) is 0. The number of sulfonamides is 1. The lowest BCUT2D eigenvalue weighted by Gasteiger charge is -2.17. The quantitative estimate of drug-likeness (QED) is 0.819. The Hall–Kier alpha value is -1.31. The maximum Gasteiger partial charge on any atom is 0.246 e. The van der Waals surface area contributed by atoms with Crippen LogP contribution in [0.3, 0.4) is 0 Å². The van der Waals surface area contributed by atoms with Crippen LogP contribution in [0.15, 0.2) is 51.8 Å². The van der Waals surface area contributed by atoms with E-state index >= 15 is 0 Å². The minimum atomic E-state index is -4.01. The first-order chi connectivity index (χ1) is 9.80. The largest absolute Gasteiger partial charge is 0.246 e. The standard InChI is InChI=1S/C14H12BrF2NO2S/c1-18(9-10-2-4-11(15)5-3-10)21(19,20)14-7-6-12(16)8-13(14)17/h2-8H,9H2,1H3. The van der Waals surface area contributed by atoms with Gasteiger partial charge >= 0.3 is 0 Å². The summed E-state index contributed by atoms with van der Waals surface area (Å²) in [6, 6.07) is 9.50. The van der Waals surface area contributed by atoms with Gasteiger partial charge in [-0.15, -0.1) is 0 Å². The van der Waals surface area contributed by atoms with E-state index in [2.05, 4.69) is 15.9 Å². The molecule has 2 aromatic rings. The minimum absolute atomic E-state index is 0.0897. The second kappa shape index (κ2) is 6.21. The van der Waals surface area contributed by atoms with Crippen LogP contribution in [0.4, 0.5) is 8.78 Å². The van der Waals surface area contributed by atoms with Crippen LogP contribution in [0.5, 0.6) is 0 Å². The summed E-state index contributed by atoms with van der Waals surface area (Å²) in [6.45, 7) is 0.0897. The van der Waals surface area contributed by atoms with Crippen molar-refractivity contribution in [2.24, 2.45) is 0 Å². The molecule has 7 heteroatoms. The van der Waals surface area contributed by atoms with E-state index in [4.69, 9.17) is 0 Å². The Balaban J connectivity index is 2.28. The van der Waals surface area contributed by atoms with Crippen LogP contribution < -0.4 is 0 Å².